The van der Waals surface area contributed by atoms with Crippen LogP contribution < -0.4 is 0 Å². The van der Waals surface area contributed by atoms with E-state index in [2.05, 4.69) is 48.5 Å². The van der Waals surface area contributed by atoms with Gasteiger partial charge in [0.2, 0.25) is 0 Å². The third-order valence-electron chi connectivity index (χ3n) is 7.75. The minimum atomic E-state index is 0.679. The first-order chi connectivity index (χ1) is 10.4. The van der Waals surface area contributed by atoms with Gasteiger partial charge in [0.25, 0.3) is 0 Å². The van der Waals surface area contributed by atoms with Crippen molar-refractivity contribution in [3.05, 3.63) is 0 Å². The maximum atomic E-state index is 2.56. The highest BCUT2D eigenvalue weighted by Crippen LogP contribution is 2.68. The molecule has 0 radical (unpaired) electrons. The fourth-order valence-electron chi connectivity index (χ4n) is 6.48. The molecule has 0 N–H and O–H groups in total. The van der Waals surface area contributed by atoms with Crippen molar-refractivity contribution in [1.29, 1.82) is 0 Å². The van der Waals surface area contributed by atoms with Crippen LogP contribution in [-0.4, -0.2) is 0 Å². The Kier molecular flexibility index (Phi) is 6.06. The summed E-state index contributed by atoms with van der Waals surface area (Å²) < 4.78 is 0. The summed E-state index contributed by atoms with van der Waals surface area (Å²) in [6, 6.07) is 0. The summed E-state index contributed by atoms with van der Waals surface area (Å²) >= 11 is 0. The molecule has 2 aliphatic rings. The predicted molar refractivity (Wildman–Crippen MR) is 98.9 cm³/mol. The van der Waals surface area contributed by atoms with Crippen molar-refractivity contribution in [2.75, 3.05) is 0 Å². The molecule has 0 spiro atoms. The molecule has 0 heteroatoms. The molecule has 2 fully saturated rings. The van der Waals surface area contributed by atoms with Crippen LogP contribution in [0.1, 0.15) is 93.4 Å². The molecular weight excluding hydrogens is 264 g/mol. The Morgan fingerprint density at radius 2 is 1.64 bits per heavy atom. The number of hydrogen-bond donors (Lipinski definition) is 0. The van der Waals surface area contributed by atoms with Crippen molar-refractivity contribution >= 4 is 0 Å². The Morgan fingerprint density at radius 1 is 0.955 bits per heavy atom. The van der Waals surface area contributed by atoms with Crippen LogP contribution in [0.5, 0.6) is 0 Å². The lowest BCUT2D eigenvalue weighted by Gasteiger charge is -2.67. The lowest BCUT2D eigenvalue weighted by atomic mass is 9.37. The van der Waals surface area contributed by atoms with E-state index >= 15 is 0 Å². The van der Waals surface area contributed by atoms with Crippen LogP contribution >= 0.6 is 0 Å². The second-order valence-electron chi connectivity index (χ2n) is 9.54. The number of unbranched alkanes of at least 4 members (excludes halogenated alkanes) is 2. The van der Waals surface area contributed by atoms with E-state index in [1.54, 1.807) is 0 Å². The first kappa shape index (κ1) is 18.3. The van der Waals surface area contributed by atoms with Gasteiger partial charge in [-0.25, -0.2) is 0 Å². The molecule has 0 amide bonds. The Bertz CT molecular complexity index is 342. The average Bonchev–Trinajstić information content (AvgIpc) is 2.43. The second kappa shape index (κ2) is 7.27. The van der Waals surface area contributed by atoms with Gasteiger partial charge < -0.3 is 0 Å². The SMILES string of the molecule is CCCCCC(C(C)C)C1C(C)CC1(C(C)C)C1CCC1C. The van der Waals surface area contributed by atoms with E-state index in [4.69, 9.17) is 0 Å². The van der Waals surface area contributed by atoms with Crippen LogP contribution in [-0.2, 0) is 0 Å². The normalized spacial score (nSPS) is 39.7. The summed E-state index contributed by atoms with van der Waals surface area (Å²) in [5.41, 5.74) is 0.679. The minimum Gasteiger partial charge on any atom is -0.0654 e. The topological polar surface area (TPSA) is 0 Å². The van der Waals surface area contributed by atoms with E-state index in [-0.39, 0.29) is 0 Å². The van der Waals surface area contributed by atoms with Crippen LogP contribution in [0.4, 0.5) is 0 Å². The molecule has 2 aliphatic carbocycles. The quantitative estimate of drug-likeness (QED) is 0.416. The summed E-state index contributed by atoms with van der Waals surface area (Å²) in [7, 11) is 0. The van der Waals surface area contributed by atoms with Crippen molar-refractivity contribution in [1.82, 2.24) is 0 Å². The zero-order chi connectivity index (χ0) is 16.5. The molecule has 0 saturated heterocycles. The van der Waals surface area contributed by atoms with Crippen molar-refractivity contribution in [2.24, 2.45) is 46.8 Å². The lowest BCUT2D eigenvalue weighted by molar-refractivity contribution is -0.190. The zero-order valence-corrected chi connectivity index (χ0v) is 16.5. The van der Waals surface area contributed by atoms with Gasteiger partial charge in [-0.1, -0.05) is 74.1 Å². The van der Waals surface area contributed by atoms with E-state index in [9.17, 15) is 0 Å². The van der Waals surface area contributed by atoms with Gasteiger partial charge in [-0.15, -0.1) is 0 Å². The average molecular weight is 307 g/mol. The third-order valence-corrected chi connectivity index (χ3v) is 7.75. The molecule has 2 saturated carbocycles. The first-order valence-corrected chi connectivity index (χ1v) is 10.4. The molecule has 2 rings (SSSR count). The highest BCUT2D eigenvalue weighted by molar-refractivity contribution is 5.10. The summed E-state index contributed by atoms with van der Waals surface area (Å²) in [4.78, 5) is 0. The molecule has 0 aliphatic heterocycles. The minimum absolute atomic E-state index is 0.679. The lowest BCUT2D eigenvalue weighted by Crippen LogP contribution is -2.61. The molecule has 130 valence electrons. The van der Waals surface area contributed by atoms with Gasteiger partial charge >= 0.3 is 0 Å². The molecule has 22 heavy (non-hydrogen) atoms. The molecule has 0 aromatic carbocycles. The highest BCUT2D eigenvalue weighted by Gasteiger charge is 2.61. The summed E-state index contributed by atoms with van der Waals surface area (Å²) in [5.74, 6) is 6.67. The molecule has 0 nitrogen and oxygen atoms in total. The van der Waals surface area contributed by atoms with Crippen LogP contribution in [0.25, 0.3) is 0 Å². The maximum Gasteiger partial charge on any atom is -0.0207 e. The number of hydrogen-bond acceptors (Lipinski definition) is 0. The van der Waals surface area contributed by atoms with Crippen LogP contribution in [0.2, 0.25) is 0 Å². The highest BCUT2D eigenvalue weighted by atomic mass is 14.7. The molecular formula is C22H42. The maximum absolute atomic E-state index is 2.56. The summed E-state index contributed by atoms with van der Waals surface area (Å²) in [6.45, 7) is 17.5. The van der Waals surface area contributed by atoms with Crippen molar-refractivity contribution in [3.63, 3.8) is 0 Å². The molecule has 0 aromatic rings. The largest absolute Gasteiger partial charge is 0.0654 e. The van der Waals surface area contributed by atoms with Gasteiger partial charge in [-0.2, -0.15) is 0 Å². The molecule has 0 aromatic heterocycles. The van der Waals surface area contributed by atoms with Gasteiger partial charge in [0, 0.05) is 0 Å². The van der Waals surface area contributed by atoms with Gasteiger partial charge in [0.05, 0.1) is 0 Å². The van der Waals surface area contributed by atoms with Crippen molar-refractivity contribution in [3.8, 4) is 0 Å². The Balaban J connectivity index is 2.19. The van der Waals surface area contributed by atoms with Crippen molar-refractivity contribution < 1.29 is 0 Å². The van der Waals surface area contributed by atoms with E-state index in [0.29, 0.717) is 5.41 Å². The summed E-state index contributed by atoms with van der Waals surface area (Å²) in [6.07, 6.45) is 10.2. The number of rotatable bonds is 8. The second-order valence-corrected chi connectivity index (χ2v) is 9.54. The van der Waals surface area contributed by atoms with E-state index in [0.717, 1.165) is 41.4 Å². The summed E-state index contributed by atoms with van der Waals surface area (Å²) in [5, 5.41) is 0. The first-order valence-electron chi connectivity index (χ1n) is 10.4. The molecule has 6 unspecified atom stereocenters. The molecule has 0 heterocycles. The monoisotopic (exact) mass is 306 g/mol. The van der Waals surface area contributed by atoms with Gasteiger partial charge in [0.15, 0.2) is 0 Å². The van der Waals surface area contributed by atoms with Crippen LogP contribution in [0.3, 0.4) is 0 Å². The van der Waals surface area contributed by atoms with Gasteiger partial charge in [-0.05, 0) is 66.1 Å². The zero-order valence-electron chi connectivity index (χ0n) is 16.5. The van der Waals surface area contributed by atoms with Gasteiger partial charge in [0.1, 0.15) is 0 Å². The van der Waals surface area contributed by atoms with Gasteiger partial charge in [-0.3, -0.25) is 0 Å². The fraction of sp³-hybridized carbons (Fsp3) is 1.00. The Morgan fingerprint density at radius 3 is 2.00 bits per heavy atom. The van der Waals surface area contributed by atoms with E-state index < -0.39 is 0 Å². The standard InChI is InChI=1S/C22H42/c1-8-9-10-11-19(15(2)3)21-18(7)14-22(21,16(4)5)20-13-12-17(20)6/h15-21H,8-14H2,1-7H3. The van der Waals surface area contributed by atoms with Crippen LogP contribution in [0.15, 0.2) is 0 Å². The van der Waals surface area contributed by atoms with Crippen LogP contribution in [0, 0.1) is 46.8 Å². The van der Waals surface area contributed by atoms with E-state index in [1.165, 1.54) is 44.9 Å². The fourth-order valence-corrected chi connectivity index (χ4v) is 6.48. The molecule has 0 bridgehead atoms. The van der Waals surface area contributed by atoms with Crippen molar-refractivity contribution in [2.45, 2.75) is 93.4 Å². The third kappa shape index (κ3) is 3.01. The molecule has 6 atom stereocenters. The van der Waals surface area contributed by atoms with E-state index in [1.807, 2.05) is 0 Å². The Hall–Kier alpha value is 0. The Labute approximate surface area is 140 Å². The smallest absolute Gasteiger partial charge is 0.0207 e. The predicted octanol–water partition coefficient (Wildman–Crippen LogP) is 7.18.